The molecule has 0 aliphatic heterocycles. The zero-order valence-corrected chi connectivity index (χ0v) is 12.1. The van der Waals surface area contributed by atoms with E-state index in [2.05, 4.69) is 48.5 Å². The quantitative estimate of drug-likeness (QED) is 0.705. The summed E-state index contributed by atoms with van der Waals surface area (Å²) in [5, 5.41) is 0. The molecule has 2 rings (SSSR count). The van der Waals surface area contributed by atoms with Crippen LogP contribution in [0, 0.1) is 0 Å². The van der Waals surface area contributed by atoms with E-state index in [0.717, 1.165) is 0 Å². The average Bonchev–Trinajstić information content (AvgIpc) is 2.21. The van der Waals surface area contributed by atoms with Crippen molar-refractivity contribution in [3.8, 4) is 0 Å². The van der Waals surface area contributed by atoms with Crippen molar-refractivity contribution in [2.24, 2.45) is 0 Å². The normalized spacial score (nSPS) is 9.14. The minimum Gasteiger partial charge on any atom is -0.0901 e. The molecule has 14 heavy (non-hydrogen) atoms. The monoisotopic (exact) mass is 225 g/mol. The number of hydrogen-bond acceptors (Lipinski definition) is 1. The fourth-order valence-corrected chi connectivity index (χ4v) is 1.97. The van der Waals surface area contributed by atoms with Crippen LogP contribution in [0.15, 0.2) is 70.5 Å². The molecule has 0 aliphatic carbocycles. The maximum Gasteiger partial charge on any atom is 0.0122 e. The molecule has 0 amide bonds. The van der Waals surface area contributed by atoms with Crippen molar-refractivity contribution in [1.82, 2.24) is 0 Å². The summed E-state index contributed by atoms with van der Waals surface area (Å²) in [6.07, 6.45) is 0. The van der Waals surface area contributed by atoms with Crippen molar-refractivity contribution in [2.45, 2.75) is 9.79 Å². The van der Waals surface area contributed by atoms with Gasteiger partial charge in [-0.15, -0.1) is 0 Å². The Bertz CT molecular complexity index is 321. The van der Waals surface area contributed by atoms with Crippen molar-refractivity contribution in [1.29, 1.82) is 0 Å². The zero-order valence-electron chi connectivity index (χ0n) is 8.18. The molecule has 0 aliphatic rings. The molecule has 0 heterocycles. The van der Waals surface area contributed by atoms with Gasteiger partial charge >= 0.3 is 0 Å². The van der Waals surface area contributed by atoms with Gasteiger partial charge in [0, 0.05) is 61.2 Å². The van der Waals surface area contributed by atoms with Crippen LogP contribution in [0.2, 0.25) is 0 Å². The second-order valence-corrected chi connectivity index (χ2v) is 3.88. The maximum atomic E-state index is 2.12. The van der Waals surface area contributed by atoms with E-state index < -0.39 is 0 Å². The Morgan fingerprint density at radius 3 is 1.29 bits per heavy atom. The van der Waals surface area contributed by atoms with Crippen molar-refractivity contribution in [2.75, 3.05) is 0 Å². The third-order valence-electron chi connectivity index (χ3n) is 1.72. The van der Waals surface area contributed by atoms with Crippen LogP contribution in [-0.4, -0.2) is 51.4 Å². The van der Waals surface area contributed by atoms with Gasteiger partial charge in [0.25, 0.3) is 0 Å². The van der Waals surface area contributed by atoms with E-state index in [9.17, 15) is 0 Å². The molecular weight excluding hydrogens is 215 g/mol. The SMILES string of the molecule is [K].c1ccc(Sc2ccccc2)cc1. The summed E-state index contributed by atoms with van der Waals surface area (Å²) in [5.74, 6) is 0. The molecule has 2 heteroatoms. The molecule has 0 fully saturated rings. The number of rotatable bonds is 2. The predicted octanol–water partition coefficient (Wildman–Crippen LogP) is 3.46. The summed E-state index contributed by atoms with van der Waals surface area (Å²) in [5.41, 5.74) is 0. The second-order valence-electron chi connectivity index (χ2n) is 2.73. The van der Waals surface area contributed by atoms with Gasteiger partial charge in [0.2, 0.25) is 0 Å². The van der Waals surface area contributed by atoms with Crippen LogP contribution in [0.4, 0.5) is 0 Å². The zero-order chi connectivity index (χ0) is 8.93. The van der Waals surface area contributed by atoms with Gasteiger partial charge in [0.1, 0.15) is 0 Å². The third kappa shape index (κ3) is 3.89. The Morgan fingerprint density at radius 2 is 0.929 bits per heavy atom. The van der Waals surface area contributed by atoms with Crippen LogP contribution in [-0.2, 0) is 0 Å². The topological polar surface area (TPSA) is 0 Å². The van der Waals surface area contributed by atoms with Crippen molar-refractivity contribution >= 4 is 63.1 Å². The van der Waals surface area contributed by atoms with E-state index in [1.54, 1.807) is 11.8 Å². The summed E-state index contributed by atoms with van der Waals surface area (Å²) in [6, 6.07) is 20.8. The Morgan fingerprint density at radius 1 is 0.571 bits per heavy atom. The van der Waals surface area contributed by atoms with Gasteiger partial charge < -0.3 is 0 Å². The smallest absolute Gasteiger partial charge is 0.0122 e. The standard InChI is InChI=1S/C12H10S.K/c1-3-7-11(8-4-1)13-12-9-5-2-6-10-12;/h1-10H;. The summed E-state index contributed by atoms with van der Waals surface area (Å²) >= 11 is 1.79. The van der Waals surface area contributed by atoms with Crippen LogP contribution in [0.25, 0.3) is 0 Å². The maximum absolute atomic E-state index is 2.12. The van der Waals surface area contributed by atoms with Crippen LogP contribution in [0.5, 0.6) is 0 Å². The molecule has 2 aromatic rings. The molecule has 0 unspecified atom stereocenters. The summed E-state index contributed by atoms with van der Waals surface area (Å²) in [4.78, 5) is 2.57. The Hall–Kier alpha value is 0.426. The number of benzene rings is 2. The predicted molar refractivity (Wildman–Crippen MR) is 62.8 cm³/mol. The third-order valence-corrected chi connectivity index (χ3v) is 2.74. The van der Waals surface area contributed by atoms with Gasteiger partial charge in [0.05, 0.1) is 0 Å². The van der Waals surface area contributed by atoms with Crippen molar-refractivity contribution in [3.63, 3.8) is 0 Å². The van der Waals surface area contributed by atoms with Gasteiger partial charge in [0.15, 0.2) is 0 Å². The van der Waals surface area contributed by atoms with Gasteiger partial charge in [-0.25, -0.2) is 0 Å². The van der Waals surface area contributed by atoms with Gasteiger partial charge in [-0.05, 0) is 24.3 Å². The van der Waals surface area contributed by atoms with Crippen LogP contribution < -0.4 is 0 Å². The van der Waals surface area contributed by atoms with Gasteiger partial charge in [-0.2, -0.15) is 0 Å². The van der Waals surface area contributed by atoms with E-state index in [-0.39, 0.29) is 51.4 Å². The molecule has 0 spiro atoms. The average molecular weight is 225 g/mol. The van der Waals surface area contributed by atoms with E-state index in [1.165, 1.54) is 9.79 Å². The van der Waals surface area contributed by atoms with E-state index in [1.807, 2.05) is 12.1 Å². The molecule has 65 valence electrons. The molecule has 0 nitrogen and oxygen atoms in total. The van der Waals surface area contributed by atoms with Gasteiger partial charge in [-0.1, -0.05) is 48.2 Å². The molecule has 0 saturated heterocycles. The molecule has 0 atom stereocenters. The molecule has 0 N–H and O–H groups in total. The first-order valence-corrected chi connectivity index (χ1v) is 5.05. The first-order valence-electron chi connectivity index (χ1n) is 4.23. The summed E-state index contributed by atoms with van der Waals surface area (Å²) < 4.78 is 0. The molecule has 0 saturated carbocycles. The first kappa shape index (κ1) is 12.5. The Kier molecular flexibility index (Phi) is 6.09. The molecule has 0 bridgehead atoms. The van der Waals surface area contributed by atoms with Crippen LogP contribution in [0.1, 0.15) is 0 Å². The van der Waals surface area contributed by atoms with E-state index >= 15 is 0 Å². The minimum absolute atomic E-state index is 0. The molecule has 0 aromatic heterocycles. The fourth-order valence-electron chi connectivity index (χ4n) is 1.11. The van der Waals surface area contributed by atoms with Crippen LogP contribution in [0.3, 0.4) is 0 Å². The number of hydrogen-bond donors (Lipinski definition) is 0. The molecule has 2 aromatic carbocycles. The second kappa shape index (κ2) is 6.83. The van der Waals surface area contributed by atoms with Crippen molar-refractivity contribution < 1.29 is 0 Å². The molecule has 1 radical (unpaired) electrons. The largest absolute Gasteiger partial charge is 0.0901 e. The Balaban J connectivity index is 0.000000980. The van der Waals surface area contributed by atoms with E-state index in [0.29, 0.717) is 0 Å². The van der Waals surface area contributed by atoms with Crippen LogP contribution >= 0.6 is 11.8 Å². The fraction of sp³-hybridized carbons (Fsp3) is 0. The van der Waals surface area contributed by atoms with Crippen molar-refractivity contribution in [3.05, 3.63) is 60.7 Å². The van der Waals surface area contributed by atoms with E-state index in [4.69, 9.17) is 0 Å². The molecular formula is C12H10KS. The first-order chi connectivity index (χ1) is 6.45. The summed E-state index contributed by atoms with van der Waals surface area (Å²) in [7, 11) is 0. The Labute approximate surface area is 132 Å². The minimum atomic E-state index is 0. The van der Waals surface area contributed by atoms with Gasteiger partial charge in [-0.3, -0.25) is 0 Å². The summed E-state index contributed by atoms with van der Waals surface area (Å²) in [6.45, 7) is 0.